The van der Waals surface area contributed by atoms with Crippen molar-refractivity contribution in [2.24, 2.45) is 0 Å². The smallest absolute Gasteiger partial charge is 0.339 e. The van der Waals surface area contributed by atoms with Crippen LogP contribution in [0.1, 0.15) is 27.9 Å². The Morgan fingerprint density at radius 3 is 2.89 bits per heavy atom. The minimum absolute atomic E-state index is 0.204. The molecule has 98 valence electrons. The van der Waals surface area contributed by atoms with Crippen molar-refractivity contribution in [2.75, 3.05) is 7.11 Å². The zero-order chi connectivity index (χ0) is 13.6. The molecule has 2 heterocycles. The second kappa shape index (κ2) is 4.08. The van der Waals surface area contributed by atoms with Crippen LogP contribution in [0, 0.1) is 0 Å². The zero-order valence-electron chi connectivity index (χ0n) is 10.3. The van der Waals surface area contributed by atoms with E-state index in [2.05, 4.69) is 9.72 Å². The molecule has 1 aliphatic carbocycles. The van der Waals surface area contributed by atoms with Crippen molar-refractivity contribution >= 4 is 17.0 Å². The number of carbonyl (C=O) groups is 1. The van der Waals surface area contributed by atoms with E-state index in [0.717, 1.165) is 18.4 Å². The largest absolute Gasteiger partial charge is 0.465 e. The Balaban J connectivity index is 2.36. The molecule has 0 amide bonds. The topological polar surface area (TPSA) is 81.4 Å². The van der Waals surface area contributed by atoms with E-state index in [1.807, 2.05) is 0 Å². The van der Waals surface area contributed by atoms with Crippen LogP contribution in [0.5, 0.6) is 0 Å². The number of hydrogen-bond donors (Lipinski definition) is 1. The Morgan fingerprint density at radius 1 is 1.42 bits per heavy atom. The molecule has 0 aliphatic heterocycles. The fourth-order valence-corrected chi connectivity index (χ4v) is 2.55. The maximum Gasteiger partial charge on any atom is 0.339 e. The number of nitrogens with zero attached hydrogens (tertiary/aromatic N) is 2. The number of hydrogen-bond acceptors (Lipinski definition) is 5. The van der Waals surface area contributed by atoms with Crippen LogP contribution in [0.15, 0.2) is 17.1 Å². The summed E-state index contributed by atoms with van der Waals surface area (Å²) in [5, 5.41) is 9.91. The van der Waals surface area contributed by atoms with E-state index in [-0.39, 0.29) is 11.1 Å². The third kappa shape index (κ3) is 1.60. The van der Waals surface area contributed by atoms with Gasteiger partial charge in [-0.25, -0.2) is 4.79 Å². The van der Waals surface area contributed by atoms with E-state index in [1.165, 1.54) is 19.4 Å². The lowest BCUT2D eigenvalue weighted by molar-refractivity contribution is 0.0600. The van der Waals surface area contributed by atoms with Gasteiger partial charge in [-0.3, -0.25) is 9.78 Å². The average molecular weight is 260 g/mol. The summed E-state index contributed by atoms with van der Waals surface area (Å²) < 4.78 is 5.17. The molecule has 6 nitrogen and oxygen atoms in total. The normalized spacial score (nSPS) is 13.5. The van der Waals surface area contributed by atoms with Gasteiger partial charge in [0.25, 0.3) is 5.56 Å². The lowest BCUT2D eigenvalue weighted by atomic mass is 10.1. The van der Waals surface area contributed by atoms with Crippen LogP contribution in [0.4, 0.5) is 0 Å². The average Bonchev–Trinajstić information content (AvgIpc) is 2.93. The number of aromatic nitrogens is 2. The molecule has 0 bridgehead atoms. The molecule has 2 aromatic rings. The van der Waals surface area contributed by atoms with Gasteiger partial charge in [-0.05, 0) is 30.9 Å². The van der Waals surface area contributed by atoms with Crippen molar-refractivity contribution in [3.63, 3.8) is 0 Å². The molecular weight excluding hydrogens is 248 g/mol. The summed E-state index contributed by atoms with van der Waals surface area (Å²) in [6.45, 7) is 0. The van der Waals surface area contributed by atoms with E-state index >= 15 is 0 Å². The van der Waals surface area contributed by atoms with E-state index in [4.69, 9.17) is 0 Å². The van der Waals surface area contributed by atoms with E-state index in [1.54, 1.807) is 0 Å². The first-order chi connectivity index (χ1) is 9.13. The van der Waals surface area contributed by atoms with Gasteiger partial charge >= 0.3 is 5.97 Å². The molecule has 0 saturated carbocycles. The Morgan fingerprint density at radius 2 is 2.16 bits per heavy atom. The summed E-state index contributed by atoms with van der Waals surface area (Å²) in [7, 11) is 1.27. The van der Waals surface area contributed by atoms with Crippen LogP contribution in [-0.2, 0) is 17.6 Å². The standard InChI is InChI=1S/C13H12N2O4/c1-19-13(17)7-5-10-11(14-6-7)8-3-2-4-9(8)12(16)15(10)18/h5-6,18H,2-4H2,1H3. The highest BCUT2D eigenvalue weighted by Gasteiger charge is 2.22. The van der Waals surface area contributed by atoms with Crippen LogP contribution < -0.4 is 5.56 Å². The number of pyridine rings is 2. The van der Waals surface area contributed by atoms with E-state index in [0.29, 0.717) is 22.2 Å². The monoisotopic (exact) mass is 260 g/mol. The van der Waals surface area contributed by atoms with Gasteiger partial charge in [0.1, 0.15) is 5.52 Å². The summed E-state index contributed by atoms with van der Waals surface area (Å²) >= 11 is 0. The predicted molar refractivity (Wildman–Crippen MR) is 66.6 cm³/mol. The Bertz CT molecular complexity index is 748. The van der Waals surface area contributed by atoms with Gasteiger partial charge < -0.3 is 9.94 Å². The van der Waals surface area contributed by atoms with Crippen molar-refractivity contribution < 1.29 is 14.7 Å². The summed E-state index contributed by atoms with van der Waals surface area (Å²) in [6, 6.07) is 1.42. The SMILES string of the molecule is COC(=O)c1cnc2c3c(c(=O)n(O)c2c1)CCC3. The Hall–Kier alpha value is -2.37. The molecule has 0 aromatic carbocycles. The van der Waals surface area contributed by atoms with E-state index < -0.39 is 11.5 Å². The van der Waals surface area contributed by atoms with Crippen molar-refractivity contribution in [1.82, 2.24) is 9.71 Å². The third-order valence-electron chi connectivity index (χ3n) is 3.47. The van der Waals surface area contributed by atoms with Crippen LogP contribution in [0.25, 0.3) is 11.0 Å². The molecule has 19 heavy (non-hydrogen) atoms. The van der Waals surface area contributed by atoms with Gasteiger partial charge in [0, 0.05) is 11.8 Å². The maximum atomic E-state index is 12.0. The lowest BCUT2D eigenvalue weighted by Crippen LogP contribution is -2.23. The van der Waals surface area contributed by atoms with Crippen molar-refractivity contribution in [3.8, 4) is 0 Å². The van der Waals surface area contributed by atoms with Crippen LogP contribution in [0.3, 0.4) is 0 Å². The summed E-state index contributed by atoms with van der Waals surface area (Å²) in [4.78, 5) is 27.7. The van der Waals surface area contributed by atoms with Gasteiger partial charge in [0.2, 0.25) is 0 Å². The van der Waals surface area contributed by atoms with Crippen LogP contribution in [0.2, 0.25) is 0 Å². The molecule has 0 fully saturated rings. The molecule has 1 N–H and O–H groups in total. The number of fused-ring (bicyclic) bond motifs is 3. The van der Waals surface area contributed by atoms with Crippen molar-refractivity contribution in [2.45, 2.75) is 19.3 Å². The van der Waals surface area contributed by atoms with Crippen molar-refractivity contribution in [1.29, 1.82) is 0 Å². The molecule has 1 aliphatic rings. The first-order valence-corrected chi connectivity index (χ1v) is 5.97. The second-order valence-electron chi connectivity index (χ2n) is 4.51. The number of esters is 1. The highest BCUT2D eigenvalue weighted by atomic mass is 16.5. The second-order valence-corrected chi connectivity index (χ2v) is 4.51. The van der Waals surface area contributed by atoms with E-state index in [9.17, 15) is 14.8 Å². The molecule has 0 saturated heterocycles. The minimum Gasteiger partial charge on any atom is -0.465 e. The van der Waals surface area contributed by atoms with Gasteiger partial charge in [0.15, 0.2) is 0 Å². The number of rotatable bonds is 1. The van der Waals surface area contributed by atoms with Crippen LogP contribution in [-0.4, -0.2) is 28.0 Å². The highest BCUT2D eigenvalue weighted by molar-refractivity contribution is 5.93. The quantitative estimate of drug-likeness (QED) is 0.608. The molecule has 2 aromatic heterocycles. The van der Waals surface area contributed by atoms with Crippen molar-refractivity contribution in [3.05, 3.63) is 39.3 Å². The Kier molecular flexibility index (Phi) is 2.51. The molecule has 0 spiro atoms. The van der Waals surface area contributed by atoms with Gasteiger partial charge in [-0.15, -0.1) is 4.73 Å². The molecule has 0 atom stereocenters. The number of methoxy groups -OCH3 is 1. The highest BCUT2D eigenvalue weighted by Crippen LogP contribution is 2.26. The first-order valence-electron chi connectivity index (χ1n) is 5.97. The predicted octanol–water partition coefficient (Wildman–Crippen LogP) is 0.909. The Labute approximate surface area is 108 Å². The summed E-state index contributed by atoms with van der Waals surface area (Å²) in [5.41, 5.74) is 2.09. The molecule has 6 heteroatoms. The lowest BCUT2D eigenvalue weighted by Gasteiger charge is -2.09. The summed E-state index contributed by atoms with van der Waals surface area (Å²) in [6.07, 6.45) is 3.71. The number of aryl methyl sites for hydroxylation is 1. The summed E-state index contributed by atoms with van der Waals surface area (Å²) in [5.74, 6) is -0.553. The minimum atomic E-state index is -0.553. The van der Waals surface area contributed by atoms with Gasteiger partial charge in [-0.1, -0.05) is 0 Å². The third-order valence-corrected chi connectivity index (χ3v) is 3.47. The maximum absolute atomic E-state index is 12.0. The molecule has 3 rings (SSSR count). The van der Waals surface area contributed by atoms with Crippen LogP contribution >= 0.6 is 0 Å². The number of ether oxygens (including phenoxy) is 1. The fourth-order valence-electron chi connectivity index (χ4n) is 2.55. The molecule has 0 radical (unpaired) electrons. The molecule has 0 unspecified atom stereocenters. The molecular formula is C13H12N2O4. The van der Waals surface area contributed by atoms with Gasteiger partial charge in [-0.2, -0.15) is 0 Å². The zero-order valence-corrected chi connectivity index (χ0v) is 10.3. The number of carbonyl (C=O) groups excluding carboxylic acids is 1. The first kappa shape index (κ1) is 11.7. The fraction of sp³-hybridized carbons (Fsp3) is 0.308. The van der Waals surface area contributed by atoms with Gasteiger partial charge in [0.05, 0.1) is 18.2 Å².